The molecule has 10 heteroatoms. The number of aromatic carboxylic acids is 1. The lowest BCUT2D eigenvalue weighted by Gasteiger charge is -2.27. The number of benzene rings is 1. The Labute approximate surface area is 191 Å². The molecule has 1 atom stereocenters. The zero-order valence-corrected chi connectivity index (χ0v) is 19.2. The fraction of sp³-hybridized carbons (Fsp3) is 0.261. The number of sulfonamides is 1. The number of alkyl halides is 1. The van der Waals surface area contributed by atoms with E-state index in [1.165, 1.54) is 49.8 Å². The molecule has 3 rings (SSSR count). The molecule has 2 heterocycles. The van der Waals surface area contributed by atoms with Crippen LogP contribution < -0.4 is 9.04 Å². The molecular weight excluding hydrogens is 449 g/mol. The van der Waals surface area contributed by atoms with Gasteiger partial charge in [-0.05, 0) is 68.3 Å². The van der Waals surface area contributed by atoms with Gasteiger partial charge in [-0.25, -0.2) is 17.6 Å². The summed E-state index contributed by atoms with van der Waals surface area (Å²) >= 11 is 0. The number of carbonyl (C=O) groups is 1. The van der Waals surface area contributed by atoms with Gasteiger partial charge in [0, 0.05) is 18.6 Å². The number of halogens is 1. The molecule has 33 heavy (non-hydrogen) atoms. The number of carboxylic acid groups (broad SMARTS) is 1. The highest BCUT2D eigenvalue weighted by Crippen LogP contribution is 2.36. The summed E-state index contributed by atoms with van der Waals surface area (Å²) in [5, 5.41) is 9.01. The summed E-state index contributed by atoms with van der Waals surface area (Å²) < 4.78 is 47.8. The number of anilines is 1. The third kappa shape index (κ3) is 5.64. The Morgan fingerprint density at radius 2 is 1.91 bits per heavy atom. The predicted molar refractivity (Wildman–Crippen MR) is 121 cm³/mol. The number of aromatic nitrogens is 2. The highest BCUT2D eigenvalue weighted by Gasteiger charge is 2.29. The monoisotopic (exact) mass is 473 g/mol. The maximum Gasteiger partial charge on any atom is 0.337 e. The number of hydrogen-bond acceptors (Lipinski definition) is 6. The molecule has 8 nitrogen and oxygen atoms in total. The number of rotatable bonds is 9. The average molecular weight is 474 g/mol. The maximum atomic E-state index is 14.1. The van der Waals surface area contributed by atoms with Crippen molar-refractivity contribution in [3.05, 3.63) is 77.4 Å². The first-order valence-corrected chi connectivity index (χ1v) is 11.5. The minimum Gasteiger partial charge on any atom is -0.485 e. The van der Waals surface area contributed by atoms with Crippen molar-refractivity contribution >= 4 is 21.7 Å². The molecule has 1 N–H and O–H groups in total. The second-order valence-corrected chi connectivity index (χ2v) is 9.40. The fourth-order valence-corrected chi connectivity index (χ4v) is 4.56. The van der Waals surface area contributed by atoms with Gasteiger partial charge in [0.05, 0.1) is 23.5 Å². The van der Waals surface area contributed by atoms with Crippen LogP contribution in [-0.2, 0) is 16.6 Å². The number of carboxylic acids is 1. The van der Waals surface area contributed by atoms with Gasteiger partial charge in [-0.3, -0.25) is 14.3 Å². The first-order chi connectivity index (χ1) is 15.6. The SMILES string of the molecule is Cc1cc(OCc2ccc(C(=O)O)cn2)c(N(CC(C)F)S(=O)(=O)c2cccnc2)cc1C. The van der Waals surface area contributed by atoms with Crippen molar-refractivity contribution in [2.45, 2.75) is 38.4 Å². The summed E-state index contributed by atoms with van der Waals surface area (Å²) in [6, 6.07) is 9.13. The normalized spacial score (nSPS) is 12.2. The number of pyridine rings is 2. The smallest absolute Gasteiger partial charge is 0.337 e. The third-order valence-corrected chi connectivity index (χ3v) is 6.69. The van der Waals surface area contributed by atoms with Crippen LogP contribution in [0.1, 0.15) is 34.1 Å². The quantitative estimate of drug-likeness (QED) is 0.501. The number of aryl methyl sites for hydroxylation is 2. The van der Waals surface area contributed by atoms with E-state index < -0.39 is 28.7 Å². The van der Waals surface area contributed by atoms with E-state index in [0.717, 1.165) is 15.4 Å². The average Bonchev–Trinajstić information content (AvgIpc) is 2.78. The summed E-state index contributed by atoms with van der Waals surface area (Å²) in [6.45, 7) is 4.50. The molecule has 1 aromatic carbocycles. The van der Waals surface area contributed by atoms with Crippen LogP contribution in [0.15, 0.2) is 59.9 Å². The van der Waals surface area contributed by atoms with E-state index in [2.05, 4.69) is 9.97 Å². The number of nitrogens with zero attached hydrogens (tertiary/aromatic N) is 3. The van der Waals surface area contributed by atoms with Gasteiger partial charge in [-0.1, -0.05) is 0 Å². The zero-order valence-electron chi connectivity index (χ0n) is 18.4. The van der Waals surface area contributed by atoms with E-state index in [4.69, 9.17) is 9.84 Å². The van der Waals surface area contributed by atoms with E-state index in [9.17, 15) is 17.6 Å². The van der Waals surface area contributed by atoms with Crippen LogP contribution in [0.25, 0.3) is 0 Å². The van der Waals surface area contributed by atoms with E-state index >= 15 is 0 Å². The minimum atomic E-state index is -4.13. The van der Waals surface area contributed by atoms with Gasteiger partial charge in [0.15, 0.2) is 0 Å². The molecule has 1 unspecified atom stereocenters. The lowest BCUT2D eigenvalue weighted by molar-refractivity contribution is 0.0696. The third-order valence-electron chi connectivity index (χ3n) is 4.93. The Balaban J connectivity index is 2.02. The van der Waals surface area contributed by atoms with Crippen molar-refractivity contribution in [2.24, 2.45) is 0 Å². The summed E-state index contributed by atoms with van der Waals surface area (Å²) in [5.74, 6) is -0.863. The van der Waals surface area contributed by atoms with Crippen molar-refractivity contribution in [1.82, 2.24) is 9.97 Å². The first-order valence-electron chi connectivity index (χ1n) is 10.1. The van der Waals surface area contributed by atoms with Crippen molar-refractivity contribution in [3.63, 3.8) is 0 Å². The lowest BCUT2D eigenvalue weighted by Crippen LogP contribution is -2.36. The first kappa shape index (κ1) is 24.1. The van der Waals surface area contributed by atoms with Crippen LogP contribution in [0.5, 0.6) is 5.75 Å². The van der Waals surface area contributed by atoms with Crippen LogP contribution in [-0.4, -0.2) is 42.2 Å². The molecule has 174 valence electrons. The summed E-state index contributed by atoms with van der Waals surface area (Å²) in [7, 11) is -4.13. The lowest BCUT2D eigenvalue weighted by atomic mass is 10.1. The van der Waals surface area contributed by atoms with E-state index in [1.54, 1.807) is 12.1 Å². The van der Waals surface area contributed by atoms with Gasteiger partial charge in [0.2, 0.25) is 0 Å². The molecule has 0 radical (unpaired) electrons. The van der Waals surface area contributed by atoms with Crippen LogP contribution >= 0.6 is 0 Å². The maximum absolute atomic E-state index is 14.1. The Morgan fingerprint density at radius 1 is 1.18 bits per heavy atom. The minimum absolute atomic E-state index is 0.0382. The standard InChI is InChI=1S/C23H24FN3O5S/c1-15-9-21(27(13-17(3)24)33(30,31)20-5-4-8-25-12-20)22(10-16(15)2)32-14-19-7-6-18(11-26-19)23(28)29/h4-12,17H,13-14H2,1-3H3,(H,28,29). The molecule has 0 spiro atoms. The second-order valence-electron chi connectivity index (χ2n) is 7.54. The second kappa shape index (κ2) is 9.95. The van der Waals surface area contributed by atoms with Gasteiger partial charge < -0.3 is 9.84 Å². The molecule has 3 aromatic rings. The number of ether oxygens (including phenoxy) is 1. The Bertz CT molecular complexity index is 1230. The van der Waals surface area contributed by atoms with E-state index in [1.807, 2.05) is 13.8 Å². The van der Waals surface area contributed by atoms with Gasteiger partial charge in [0.1, 0.15) is 23.4 Å². The van der Waals surface area contributed by atoms with Crippen molar-refractivity contribution in [2.75, 3.05) is 10.8 Å². The number of hydrogen-bond donors (Lipinski definition) is 1. The van der Waals surface area contributed by atoms with Crippen molar-refractivity contribution in [1.29, 1.82) is 0 Å². The van der Waals surface area contributed by atoms with Crippen molar-refractivity contribution < 1.29 is 27.4 Å². The van der Waals surface area contributed by atoms with Crippen LogP contribution in [0.3, 0.4) is 0 Å². The van der Waals surface area contributed by atoms with Crippen LogP contribution in [0.2, 0.25) is 0 Å². The van der Waals surface area contributed by atoms with Gasteiger partial charge in [-0.2, -0.15) is 0 Å². The molecule has 2 aromatic heterocycles. The molecule has 0 amide bonds. The molecule has 0 fully saturated rings. The summed E-state index contributed by atoms with van der Waals surface area (Å²) in [4.78, 5) is 18.9. The molecule has 0 saturated heterocycles. The molecule has 0 saturated carbocycles. The highest BCUT2D eigenvalue weighted by molar-refractivity contribution is 7.92. The Hall–Kier alpha value is -3.53. The van der Waals surface area contributed by atoms with E-state index in [-0.39, 0.29) is 28.5 Å². The summed E-state index contributed by atoms with van der Waals surface area (Å²) in [5.41, 5.74) is 2.34. The van der Waals surface area contributed by atoms with Crippen LogP contribution in [0, 0.1) is 13.8 Å². The van der Waals surface area contributed by atoms with Gasteiger partial charge in [0.25, 0.3) is 10.0 Å². The summed E-state index contributed by atoms with van der Waals surface area (Å²) in [6.07, 6.45) is 2.43. The fourth-order valence-electron chi connectivity index (χ4n) is 3.05. The molecule has 0 bridgehead atoms. The van der Waals surface area contributed by atoms with Crippen LogP contribution in [0.4, 0.5) is 10.1 Å². The topological polar surface area (TPSA) is 110 Å². The van der Waals surface area contributed by atoms with E-state index in [0.29, 0.717) is 5.69 Å². The highest BCUT2D eigenvalue weighted by atomic mass is 32.2. The Kier molecular flexibility index (Phi) is 7.27. The van der Waals surface area contributed by atoms with Gasteiger partial charge >= 0.3 is 5.97 Å². The van der Waals surface area contributed by atoms with Gasteiger partial charge in [-0.15, -0.1) is 0 Å². The van der Waals surface area contributed by atoms with Crippen molar-refractivity contribution in [3.8, 4) is 5.75 Å². The molecule has 0 aliphatic rings. The largest absolute Gasteiger partial charge is 0.485 e. The molecule has 0 aliphatic carbocycles. The molecular formula is C23H24FN3O5S. The Morgan fingerprint density at radius 3 is 2.48 bits per heavy atom. The molecule has 0 aliphatic heterocycles. The predicted octanol–water partition coefficient (Wildman–Crippen LogP) is 3.92. The zero-order chi connectivity index (χ0) is 24.2.